The summed E-state index contributed by atoms with van der Waals surface area (Å²) in [5, 5.41) is 6.98. The molecule has 0 unspecified atom stereocenters. The number of nitrogens with one attached hydrogen (secondary N) is 1. The summed E-state index contributed by atoms with van der Waals surface area (Å²) in [6.45, 7) is 1.68. The number of rotatable bonds is 6. The van der Waals surface area contributed by atoms with E-state index in [-0.39, 0.29) is 21.0 Å². The van der Waals surface area contributed by atoms with Gasteiger partial charge in [0.1, 0.15) is 6.33 Å². The van der Waals surface area contributed by atoms with Gasteiger partial charge in [0.05, 0.1) is 23.6 Å². The Kier molecular flexibility index (Phi) is 6.37. The summed E-state index contributed by atoms with van der Waals surface area (Å²) in [6.07, 6.45) is 3.67. The van der Waals surface area contributed by atoms with E-state index >= 15 is 0 Å². The topological polar surface area (TPSA) is 133 Å². The van der Waals surface area contributed by atoms with Crippen LogP contribution in [0.3, 0.4) is 0 Å². The second kappa shape index (κ2) is 8.82. The van der Waals surface area contributed by atoms with Crippen LogP contribution in [-0.2, 0) is 14.6 Å². The molecule has 1 amide bonds. The van der Waals surface area contributed by atoms with Gasteiger partial charge in [-0.2, -0.15) is 9.78 Å². The minimum absolute atomic E-state index is 0.0594. The highest BCUT2D eigenvalue weighted by Gasteiger charge is 2.20. The van der Waals surface area contributed by atoms with Crippen LogP contribution < -0.4 is 5.32 Å². The van der Waals surface area contributed by atoms with Crippen LogP contribution in [0.4, 0.5) is 0 Å². The Morgan fingerprint density at radius 3 is 2.52 bits per heavy atom. The first-order valence-corrected chi connectivity index (χ1v) is 11.1. The van der Waals surface area contributed by atoms with E-state index in [1.807, 2.05) is 0 Å². The molecule has 0 spiro atoms. The van der Waals surface area contributed by atoms with Crippen molar-refractivity contribution in [2.45, 2.75) is 17.9 Å². The molecule has 162 valence electrons. The number of ether oxygens (including phenoxy) is 1. The lowest BCUT2D eigenvalue weighted by Gasteiger charge is -2.15. The molecule has 31 heavy (non-hydrogen) atoms. The summed E-state index contributed by atoms with van der Waals surface area (Å²) in [5.74, 6) is -0.308. The maximum absolute atomic E-state index is 12.7. The summed E-state index contributed by atoms with van der Waals surface area (Å²) in [6, 6.07) is 6.38. The molecule has 2 heterocycles. The van der Waals surface area contributed by atoms with Crippen molar-refractivity contribution in [2.75, 3.05) is 13.4 Å². The number of aromatic nitrogens is 4. The van der Waals surface area contributed by atoms with Gasteiger partial charge >= 0.3 is 5.97 Å². The van der Waals surface area contributed by atoms with E-state index in [9.17, 15) is 18.0 Å². The highest BCUT2D eigenvalue weighted by atomic mass is 35.5. The molecule has 12 heteroatoms. The number of methoxy groups -OCH3 is 1. The SMILES string of the molecule is COC(=O)c1ccc(-n2ncnc2[C@@H](C)NC(=O)c2cc(Cl)cc(S(C)(=O)=O)c2)nc1. The molecule has 0 saturated carbocycles. The second-order valence-electron chi connectivity index (χ2n) is 6.57. The van der Waals surface area contributed by atoms with Gasteiger partial charge in [-0.15, -0.1) is 0 Å². The maximum atomic E-state index is 12.7. The first kappa shape index (κ1) is 22.4. The fourth-order valence-corrected chi connectivity index (χ4v) is 3.71. The van der Waals surface area contributed by atoms with Crippen LogP contribution in [-0.4, -0.2) is 53.4 Å². The van der Waals surface area contributed by atoms with Crippen molar-refractivity contribution < 1.29 is 22.7 Å². The van der Waals surface area contributed by atoms with E-state index in [1.54, 1.807) is 13.0 Å². The Morgan fingerprint density at radius 2 is 1.90 bits per heavy atom. The number of hydrogen-bond donors (Lipinski definition) is 1. The molecule has 0 radical (unpaired) electrons. The largest absolute Gasteiger partial charge is 0.465 e. The highest BCUT2D eigenvalue weighted by molar-refractivity contribution is 7.90. The van der Waals surface area contributed by atoms with Crippen LogP contribution in [0.25, 0.3) is 5.82 Å². The molecular weight excluding hydrogens is 446 g/mol. The zero-order chi connectivity index (χ0) is 22.8. The minimum Gasteiger partial charge on any atom is -0.465 e. The molecule has 3 rings (SSSR count). The lowest BCUT2D eigenvalue weighted by molar-refractivity contribution is 0.0600. The maximum Gasteiger partial charge on any atom is 0.339 e. The monoisotopic (exact) mass is 463 g/mol. The van der Waals surface area contributed by atoms with Crippen molar-refractivity contribution in [3.8, 4) is 5.82 Å². The van der Waals surface area contributed by atoms with E-state index < -0.39 is 27.8 Å². The third kappa shape index (κ3) is 5.06. The fraction of sp³-hybridized carbons (Fsp3) is 0.211. The zero-order valence-electron chi connectivity index (χ0n) is 16.7. The van der Waals surface area contributed by atoms with Crippen molar-refractivity contribution in [1.82, 2.24) is 25.1 Å². The van der Waals surface area contributed by atoms with Crippen molar-refractivity contribution in [3.63, 3.8) is 0 Å². The average molecular weight is 464 g/mol. The number of benzene rings is 1. The number of halogens is 1. The van der Waals surface area contributed by atoms with Crippen molar-refractivity contribution in [2.24, 2.45) is 0 Å². The first-order valence-electron chi connectivity index (χ1n) is 8.86. The summed E-state index contributed by atoms with van der Waals surface area (Å²) in [7, 11) is -2.27. The fourth-order valence-electron chi connectivity index (χ4n) is 2.72. The Bertz CT molecular complexity index is 1240. The van der Waals surface area contributed by atoms with Gasteiger partial charge in [-0.1, -0.05) is 11.6 Å². The quantitative estimate of drug-likeness (QED) is 0.548. The number of nitrogens with zero attached hydrogens (tertiary/aromatic N) is 4. The van der Waals surface area contributed by atoms with E-state index in [4.69, 9.17) is 11.6 Å². The number of sulfone groups is 1. The third-order valence-electron chi connectivity index (χ3n) is 4.26. The second-order valence-corrected chi connectivity index (χ2v) is 9.02. The number of carbonyl (C=O) groups excluding carboxylic acids is 2. The predicted molar refractivity (Wildman–Crippen MR) is 111 cm³/mol. The number of esters is 1. The number of amides is 1. The molecule has 0 aliphatic heterocycles. The standard InChI is InChI=1S/C19H18ClN5O5S/c1-11(24-18(26)13-6-14(20)8-15(7-13)31(3,28)29)17-22-10-23-25(17)16-5-4-12(9-21-16)19(27)30-2/h4-11H,1-3H3,(H,24,26)/t11-/m1/s1. The molecule has 1 aromatic carbocycles. The molecule has 1 atom stereocenters. The summed E-state index contributed by atoms with van der Waals surface area (Å²) < 4.78 is 29.7. The molecule has 0 bridgehead atoms. The number of hydrogen-bond acceptors (Lipinski definition) is 8. The third-order valence-corrected chi connectivity index (χ3v) is 5.57. The van der Waals surface area contributed by atoms with Gasteiger partial charge in [-0.25, -0.2) is 23.2 Å². The normalized spacial score (nSPS) is 12.3. The van der Waals surface area contributed by atoms with Crippen LogP contribution >= 0.6 is 11.6 Å². The molecule has 0 saturated heterocycles. The molecule has 0 fully saturated rings. The van der Waals surface area contributed by atoms with Crippen LogP contribution in [0, 0.1) is 0 Å². The summed E-state index contributed by atoms with van der Waals surface area (Å²) in [4.78, 5) is 32.5. The van der Waals surface area contributed by atoms with Crippen LogP contribution in [0.2, 0.25) is 5.02 Å². The molecule has 0 aliphatic rings. The van der Waals surface area contributed by atoms with Gasteiger partial charge in [0.25, 0.3) is 5.91 Å². The first-order chi connectivity index (χ1) is 14.6. The van der Waals surface area contributed by atoms with Gasteiger partial charge in [-0.3, -0.25) is 4.79 Å². The lowest BCUT2D eigenvalue weighted by atomic mass is 10.2. The van der Waals surface area contributed by atoms with E-state index in [0.717, 1.165) is 6.26 Å². The molecule has 0 aliphatic carbocycles. The van der Waals surface area contributed by atoms with Crippen LogP contribution in [0.5, 0.6) is 0 Å². The average Bonchev–Trinajstić information content (AvgIpc) is 3.22. The Labute approximate surface area is 183 Å². The summed E-state index contributed by atoms with van der Waals surface area (Å²) in [5.41, 5.74) is 0.364. The van der Waals surface area contributed by atoms with E-state index in [1.165, 1.54) is 48.6 Å². The highest BCUT2D eigenvalue weighted by Crippen LogP contribution is 2.20. The summed E-state index contributed by atoms with van der Waals surface area (Å²) >= 11 is 5.97. The molecular formula is C19H18ClN5O5S. The van der Waals surface area contributed by atoms with Crippen LogP contribution in [0.1, 0.15) is 39.5 Å². The van der Waals surface area contributed by atoms with E-state index in [0.29, 0.717) is 11.6 Å². The number of carbonyl (C=O) groups is 2. The van der Waals surface area contributed by atoms with Gasteiger partial charge in [0.2, 0.25) is 0 Å². The molecule has 2 aromatic heterocycles. The Morgan fingerprint density at radius 1 is 1.16 bits per heavy atom. The van der Waals surface area contributed by atoms with Gasteiger partial charge < -0.3 is 10.1 Å². The minimum atomic E-state index is -3.54. The van der Waals surface area contributed by atoms with Crippen molar-refractivity contribution >= 4 is 33.3 Å². The van der Waals surface area contributed by atoms with Gasteiger partial charge in [-0.05, 0) is 37.3 Å². The molecule has 10 nitrogen and oxygen atoms in total. The number of pyridine rings is 1. The van der Waals surface area contributed by atoms with Gasteiger partial charge in [0.15, 0.2) is 21.5 Å². The van der Waals surface area contributed by atoms with Gasteiger partial charge in [0, 0.05) is 23.0 Å². The van der Waals surface area contributed by atoms with Crippen LogP contribution in [0.15, 0.2) is 47.8 Å². The van der Waals surface area contributed by atoms with Crippen molar-refractivity contribution in [3.05, 3.63) is 64.8 Å². The predicted octanol–water partition coefficient (Wildman–Crippen LogP) is 2.00. The van der Waals surface area contributed by atoms with Crippen molar-refractivity contribution in [1.29, 1.82) is 0 Å². The molecule has 1 N–H and O–H groups in total. The lowest BCUT2D eigenvalue weighted by Crippen LogP contribution is -2.29. The van der Waals surface area contributed by atoms with E-state index in [2.05, 4.69) is 25.1 Å². The zero-order valence-corrected chi connectivity index (χ0v) is 18.3. The smallest absolute Gasteiger partial charge is 0.339 e. The Balaban J connectivity index is 1.84. The molecule has 3 aromatic rings. The Hall–Kier alpha value is -3.31.